The lowest BCUT2D eigenvalue weighted by atomic mass is 9.86. The van der Waals surface area contributed by atoms with Crippen molar-refractivity contribution in [3.63, 3.8) is 0 Å². The molecule has 0 aliphatic heterocycles. The van der Waals surface area contributed by atoms with E-state index in [0.29, 0.717) is 25.9 Å². The van der Waals surface area contributed by atoms with Gasteiger partial charge in [0.25, 0.3) is 0 Å². The number of hydrogen-bond acceptors (Lipinski definition) is 4. The number of hydrogen-bond donors (Lipinski definition) is 1. The van der Waals surface area contributed by atoms with Crippen molar-refractivity contribution in [1.29, 1.82) is 0 Å². The number of carboxylic acids is 1. The molecule has 5 nitrogen and oxygen atoms in total. The summed E-state index contributed by atoms with van der Waals surface area (Å²) < 4.78 is 5.06. The molecule has 1 N–H and O–H groups in total. The molecule has 0 spiro atoms. The molecule has 0 amide bonds. The first kappa shape index (κ1) is 23.6. The highest BCUT2D eigenvalue weighted by atomic mass is 16.5. The van der Waals surface area contributed by atoms with E-state index < -0.39 is 16.8 Å². The molecule has 146 valence electrons. The van der Waals surface area contributed by atoms with Crippen LogP contribution >= 0.6 is 0 Å². The van der Waals surface area contributed by atoms with Crippen molar-refractivity contribution in [3.8, 4) is 0 Å². The zero-order chi connectivity index (χ0) is 19.5. The normalized spacial score (nSPS) is 12.0. The second kappa shape index (κ2) is 11.3. The first-order chi connectivity index (χ1) is 11.5. The van der Waals surface area contributed by atoms with Gasteiger partial charge in [0.15, 0.2) is 0 Å². The van der Waals surface area contributed by atoms with E-state index in [-0.39, 0.29) is 11.8 Å². The van der Waals surface area contributed by atoms with E-state index in [1.54, 1.807) is 20.8 Å². The maximum atomic E-state index is 11.9. The molecular formula is C20H36O5. The summed E-state index contributed by atoms with van der Waals surface area (Å²) in [6, 6.07) is 0. The largest absolute Gasteiger partial charge is 0.481 e. The minimum Gasteiger partial charge on any atom is -0.481 e. The van der Waals surface area contributed by atoms with Crippen LogP contribution in [-0.4, -0.2) is 29.4 Å². The lowest BCUT2D eigenvalue weighted by Gasteiger charge is -2.21. The van der Waals surface area contributed by atoms with Crippen LogP contribution in [0.2, 0.25) is 0 Å². The predicted molar refractivity (Wildman–Crippen MR) is 98.4 cm³/mol. The van der Waals surface area contributed by atoms with E-state index in [9.17, 15) is 14.4 Å². The Morgan fingerprint density at radius 2 is 1.28 bits per heavy atom. The Labute approximate surface area is 152 Å². The van der Waals surface area contributed by atoms with Gasteiger partial charge in [-0.1, -0.05) is 19.3 Å². The third-order valence-electron chi connectivity index (χ3n) is 4.67. The third-order valence-corrected chi connectivity index (χ3v) is 4.67. The summed E-state index contributed by atoms with van der Waals surface area (Å²) in [7, 11) is 0. The number of carboxylic acid groups (broad SMARTS) is 1. The molecule has 5 heteroatoms. The van der Waals surface area contributed by atoms with E-state index in [1.165, 1.54) is 0 Å². The molecule has 0 aliphatic carbocycles. The second-order valence-electron chi connectivity index (χ2n) is 8.10. The fourth-order valence-corrected chi connectivity index (χ4v) is 2.62. The zero-order valence-corrected chi connectivity index (χ0v) is 16.7. The van der Waals surface area contributed by atoms with Gasteiger partial charge in [0.1, 0.15) is 5.78 Å². The topological polar surface area (TPSA) is 80.7 Å². The lowest BCUT2D eigenvalue weighted by Crippen LogP contribution is -2.26. The summed E-state index contributed by atoms with van der Waals surface area (Å²) in [6.07, 6.45) is 6.66. The molecule has 0 radical (unpaired) electrons. The number of Topliss-reactive ketones (excluding diaryl/α,β-unsaturated/α-hetero) is 1. The van der Waals surface area contributed by atoms with Gasteiger partial charge in [-0.3, -0.25) is 14.4 Å². The fourth-order valence-electron chi connectivity index (χ4n) is 2.62. The van der Waals surface area contributed by atoms with Crippen molar-refractivity contribution >= 4 is 17.7 Å². The molecule has 0 atom stereocenters. The average molecular weight is 357 g/mol. The molecule has 0 aromatic heterocycles. The molecule has 0 saturated carbocycles. The summed E-state index contributed by atoms with van der Waals surface area (Å²) in [5.74, 6) is -0.689. The Bertz CT molecular complexity index is 437. The van der Waals surface area contributed by atoms with Gasteiger partial charge in [0.05, 0.1) is 17.4 Å². The highest BCUT2D eigenvalue weighted by Gasteiger charge is 2.28. The summed E-state index contributed by atoms with van der Waals surface area (Å²) in [6.45, 7) is 9.42. The standard InChI is InChI=1S/C20H36O5/c1-6-25-18(24)20(4,5)15-11-9-13-16(21)12-8-7-10-14-19(2,3)17(22)23/h6-15H2,1-5H3,(H,22,23). The zero-order valence-electron chi connectivity index (χ0n) is 16.7. The third kappa shape index (κ3) is 10.3. The van der Waals surface area contributed by atoms with E-state index in [4.69, 9.17) is 9.84 Å². The summed E-state index contributed by atoms with van der Waals surface area (Å²) in [4.78, 5) is 34.7. The Morgan fingerprint density at radius 3 is 1.80 bits per heavy atom. The molecule has 25 heavy (non-hydrogen) atoms. The van der Waals surface area contributed by atoms with Crippen LogP contribution in [0.5, 0.6) is 0 Å². The molecule has 0 aliphatic rings. The van der Waals surface area contributed by atoms with E-state index >= 15 is 0 Å². The maximum absolute atomic E-state index is 11.9. The van der Waals surface area contributed by atoms with Gasteiger partial charge in [-0.25, -0.2) is 0 Å². The van der Waals surface area contributed by atoms with Gasteiger partial charge in [-0.2, -0.15) is 0 Å². The smallest absolute Gasteiger partial charge is 0.311 e. The number of ether oxygens (including phenoxy) is 1. The SMILES string of the molecule is CCOC(=O)C(C)(C)CCCCC(=O)CCCCCC(C)(C)C(=O)O. The van der Waals surface area contributed by atoms with Crippen LogP contribution in [-0.2, 0) is 19.1 Å². The number of aliphatic carboxylic acids is 1. The van der Waals surface area contributed by atoms with Crippen molar-refractivity contribution in [2.24, 2.45) is 10.8 Å². The minimum atomic E-state index is -0.769. The molecular weight excluding hydrogens is 320 g/mol. The van der Waals surface area contributed by atoms with Crippen LogP contribution in [0.3, 0.4) is 0 Å². The Kier molecular flexibility index (Phi) is 10.6. The van der Waals surface area contributed by atoms with Crippen LogP contribution in [0.15, 0.2) is 0 Å². The molecule has 0 unspecified atom stereocenters. The lowest BCUT2D eigenvalue weighted by molar-refractivity contribution is -0.153. The number of rotatable bonds is 14. The van der Waals surface area contributed by atoms with Gasteiger partial charge < -0.3 is 9.84 Å². The van der Waals surface area contributed by atoms with Gasteiger partial charge in [-0.05, 0) is 60.3 Å². The number of carbonyl (C=O) groups is 3. The van der Waals surface area contributed by atoms with Gasteiger partial charge in [0.2, 0.25) is 0 Å². The summed E-state index contributed by atoms with van der Waals surface area (Å²) in [5.41, 5.74) is -1.17. The average Bonchev–Trinajstić information content (AvgIpc) is 2.51. The number of carbonyl (C=O) groups excluding carboxylic acids is 2. The number of unbranched alkanes of at least 4 members (excludes halogenated alkanes) is 3. The highest BCUT2D eigenvalue weighted by molar-refractivity contribution is 5.78. The van der Waals surface area contributed by atoms with Gasteiger partial charge in [-0.15, -0.1) is 0 Å². The van der Waals surface area contributed by atoms with Crippen molar-refractivity contribution in [2.75, 3.05) is 6.61 Å². The monoisotopic (exact) mass is 356 g/mol. The van der Waals surface area contributed by atoms with E-state index in [1.807, 2.05) is 13.8 Å². The van der Waals surface area contributed by atoms with Crippen molar-refractivity contribution in [2.45, 2.75) is 92.4 Å². The summed E-state index contributed by atoms with van der Waals surface area (Å²) >= 11 is 0. The van der Waals surface area contributed by atoms with Crippen LogP contribution in [0.4, 0.5) is 0 Å². The molecule has 0 heterocycles. The minimum absolute atomic E-state index is 0.175. The van der Waals surface area contributed by atoms with Crippen LogP contribution in [0.1, 0.15) is 92.4 Å². The Balaban J connectivity index is 3.78. The molecule has 0 saturated heterocycles. The van der Waals surface area contributed by atoms with Crippen LogP contribution in [0.25, 0.3) is 0 Å². The predicted octanol–water partition coefficient (Wildman–Crippen LogP) is 4.77. The van der Waals surface area contributed by atoms with Crippen molar-refractivity contribution in [1.82, 2.24) is 0 Å². The Hall–Kier alpha value is -1.39. The van der Waals surface area contributed by atoms with Crippen molar-refractivity contribution in [3.05, 3.63) is 0 Å². The van der Waals surface area contributed by atoms with Crippen LogP contribution in [0, 0.1) is 10.8 Å². The second-order valence-corrected chi connectivity index (χ2v) is 8.10. The first-order valence-electron chi connectivity index (χ1n) is 9.45. The summed E-state index contributed by atoms with van der Waals surface area (Å²) in [5, 5.41) is 9.04. The molecule has 0 aromatic carbocycles. The Morgan fingerprint density at radius 1 is 0.800 bits per heavy atom. The highest BCUT2D eigenvalue weighted by Crippen LogP contribution is 2.26. The van der Waals surface area contributed by atoms with E-state index in [2.05, 4.69) is 0 Å². The van der Waals surface area contributed by atoms with Gasteiger partial charge in [0, 0.05) is 12.8 Å². The van der Waals surface area contributed by atoms with Crippen LogP contribution < -0.4 is 0 Å². The quantitative estimate of drug-likeness (QED) is 0.358. The molecule has 0 fully saturated rings. The number of esters is 1. The number of ketones is 1. The fraction of sp³-hybridized carbons (Fsp3) is 0.850. The molecule has 0 rings (SSSR count). The molecule has 0 bridgehead atoms. The van der Waals surface area contributed by atoms with Crippen molar-refractivity contribution < 1.29 is 24.2 Å². The maximum Gasteiger partial charge on any atom is 0.311 e. The first-order valence-corrected chi connectivity index (χ1v) is 9.45. The molecule has 0 aromatic rings. The van der Waals surface area contributed by atoms with E-state index in [0.717, 1.165) is 38.5 Å². The van der Waals surface area contributed by atoms with Gasteiger partial charge >= 0.3 is 11.9 Å².